The van der Waals surface area contributed by atoms with Gasteiger partial charge in [-0.25, -0.2) is 4.79 Å². The molecule has 0 fully saturated rings. The van der Waals surface area contributed by atoms with E-state index in [2.05, 4.69) is 15.9 Å². The molecule has 0 radical (unpaired) electrons. The fraction of sp³-hybridized carbons (Fsp3) is 0.250. The van der Waals surface area contributed by atoms with Crippen molar-refractivity contribution in [2.24, 2.45) is 0 Å². The summed E-state index contributed by atoms with van der Waals surface area (Å²) >= 11 is 4.54. The summed E-state index contributed by atoms with van der Waals surface area (Å²) in [6.07, 6.45) is 0. The van der Waals surface area contributed by atoms with E-state index in [1.807, 2.05) is 24.3 Å². The van der Waals surface area contributed by atoms with Crippen molar-refractivity contribution in [3.05, 3.63) is 50.6 Å². The van der Waals surface area contributed by atoms with Gasteiger partial charge in [0.2, 0.25) is 0 Å². The molecule has 2 rings (SSSR count). The van der Waals surface area contributed by atoms with Crippen LogP contribution in [0.4, 0.5) is 0 Å². The van der Waals surface area contributed by atoms with Gasteiger partial charge in [0.1, 0.15) is 10.6 Å². The van der Waals surface area contributed by atoms with E-state index >= 15 is 0 Å². The summed E-state index contributed by atoms with van der Waals surface area (Å²) in [4.78, 5) is 25.8. The molecule has 2 aromatic rings. The summed E-state index contributed by atoms with van der Waals surface area (Å²) in [7, 11) is 3.26. The monoisotopic (exact) mass is 397 g/mol. The average molecular weight is 398 g/mol. The smallest absolute Gasteiger partial charge is 0.348 e. The molecule has 0 spiro atoms. The highest BCUT2D eigenvalue weighted by Crippen LogP contribution is 2.22. The minimum atomic E-state index is -0.496. The van der Waals surface area contributed by atoms with Gasteiger partial charge in [-0.15, -0.1) is 11.3 Å². The van der Waals surface area contributed by atoms with Crippen LogP contribution < -0.4 is 4.74 Å². The first kappa shape index (κ1) is 17.5. The van der Waals surface area contributed by atoms with Crippen molar-refractivity contribution in [2.75, 3.05) is 20.8 Å². The topological polar surface area (TPSA) is 55.8 Å². The molecule has 0 atom stereocenters. The van der Waals surface area contributed by atoms with Crippen LogP contribution in [0.5, 0.6) is 5.75 Å². The van der Waals surface area contributed by atoms with E-state index in [-0.39, 0.29) is 12.5 Å². The van der Waals surface area contributed by atoms with Crippen molar-refractivity contribution >= 4 is 39.1 Å². The summed E-state index contributed by atoms with van der Waals surface area (Å²) in [5.41, 5.74) is 0.939. The molecule has 0 saturated carbocycles. The number of thiophene rings is 1. The molecule has 0 bridgehead atoms. The Labute approximate surface area is 146 Å². The second-order valence-electron chi connectivity index (χ2n) is 4.78. The fourth-order valence-electron chi connectivity index (χ4n) is 1.87. The van der Waals surface area contributed by atoms with Gasteiger partial charge < -0.3 is 14.4 Å². The highest BCUT2D eigenvalue weighted by atomic mass is 79.9. The molecular weight excluding hydrogens is 382 g/mol. The van der Waals surface area contributed by atoms with Crippen LogP contribution in [0.2, 0.25) is 0 Å². The maximum Gasteiger partial charge on any atom is 0.348 e. The number of hydrogen-bond donors (Lipinski definition) is 0. The molecule has 0 aliphatic heterocycles. The van der Waals surface area contributed by atoms with Gasteiger partial charge in [0.15, 0.2) is 6.61 Å². The van der Waals surface area contributed by atoms with Crippen molar-refractivity contribution in [2.45, 2.75) is 6.54 Å². The zero-order chi connectivity index (χ0) is 16.8. The lowest BCUT2D eigenvalue weighted by atomic mass is 10.2. The van der Waals surface area contributed by atoms with Gasteiger partial charge >= 0.3 is 5.97 Å². The number of rotatable bonds is 6. The van der Waals surface area contributed by atoms with Crippen molar-refractivity contribution in [1.29, 1.82) is 0 Å². The van der Waals surface area contributed by atoms with E-state index in [9.17, 15) is 9.59 Å². The zero-order valence-corrected chi connectivity index (χ0v) is 15.1. The molecule has 7 heteroatoms. The summed E-state index contributed by atoms with van der Waals surface area (Å²) in [6.45, 7) is 0.132. The van der Waals surface area contributed by atoms with E-state index in [0.29, 0.717) is 11.4 Å². The molecular formula is C16H16BrNO4S. The molecule has 0 aliphatic rings. The highest BCUT2D eigenvalue weighted by molar-refractivity contribution is 9.11. The van der Waals surface area contributed by atoms with E-state index in [0.717, 1.165) is 15.1 Å². The molecule has 1 heterocycles. The number of nitrogens with zero attached hydrogens (tertiary/aromatic N) is 1. The van der Waals surface area contributed by atoms with Gasteiger partial charge in [-0.2, -0.15) is 0 Å². The fourth-order valence-corrected chi connectivity index (χ4v) is 3.15. The maximum atomic E-state index is 12.1. The quantitative estimate of drug-likeness (QED) is 0.701. The van der Waals surface area contributed by atoms with Crippen LogP contribution in [0, 0.1) is 0 Å². The van der Waals surface area contributed by atoms with Crippen molar-refractivity contribution in [3.63, 3.8) is 0 Å². The molecule has 1 amide bonds. The lowest BCUT2D eigenvalue weighted by molar-refractivity contribution is -0.133. The summed E-state index contributed by atoms with van der Waals surface area (Å²) in [5, 5.41) is 0. The first-order valence-electron chi connectivity index (χ1n) is 6.79. The Morgan fingerprint density at radius 2 is 2.04 bits per heavy atom. The average Bonchev–Trinajstić information content (AvgIpc) is 2.99. The molecule has 0 N–H and O–H groups in total. The van der Waals surface area contributed by atoms with Crippen LogP contribution in [0.1, 0.15) is 15.2 Å². The van der Waals surface area contributed by atoms with Gasteiger partial charge in [0.05, 0.1) is 10.9 Å². The van der Waals surface area contributed by atoms with Crippen molar-refractivity contribution in [1.82, 2.24) is 4.90 Å². The molecule has 5 nitrogen and oxygen atoms in total. The Hall–Kier alpha value is -1.86. The van der Waals surface area contributed by atoms with Gasteiger partial charge in [-0.1, -0.05) is 12.1 Å². The number of ether oxygens (including phenoxy) is 2. The Morgan fingerprint density at radius 1 is 1.26 bits per heavy atom. The molecule has 0 unspecified atom stereocenters. The number of methoxy groups -OCH3 is 1. The van der Waals surface area contributed by atoms with E-state index < -0.39 is 5.97 Å². The lowest BCUT2D eigenvalue weighted by Gasteiger charge is -2.17. The van der Waals surface area contributed by atoms with Gasteiger partial charge in [-0.05, 0) is 45.8 Å². The number of carbonyl (C=O) groups excluding carboxylic acids is 2. The third kappa shape index (κ3) is 5.07. The normalized spacial score (nSPS) is 10.2. The number of likely N-dealkylation sites (N-methyl/N-ethyl adjacent to an activating group) is 1. The third-order valence-corrected chi connectivity index (χ3v) is 4.68. The molecule has 1 aromatic carbocycles. The minimum Gasteiger partial charge on any atom is -0.497 e. The van der Waals surface area contributed by atoms with Crippen LogP contribution >= 0.6 is 27.3 Å². The van der Waals surface area contributed by atoms with Crippen molar-refractivity contribution < 1.29 is 19.1 Å². The first-order chi connectivity index (χ1) is 11.0. The van der Waals surface area contributed by atoms with E-state index in [1.165, 1.54) is 16.2 Å². The number of hydrogen-bond acceptors (Lipinski definition) is 5. The Bertz CT molecular complexity index is 701. The predicted molar refractivity (Wildman–Crippen MR) is 91.8 cm³/mol. The second kappa shape index (κ2) is 8.12. The summed E-state index contributed by atoms with van der Waals surface area (Å²) in [5.74, 6) is -0.0290. The van der Waals surface area contributed by atoms with E-state index in [4.69, 9.17) is 9.47 Å². The SMILES string of the molecule is COc1cccc(CN(C)C(=O)COC(=O)c2ccc(Br)s2)c1. The number of amides is 1. The molecule has 1 aromatic heterocycles. The van der Waals surface area contributed by atoms with Gasteiger partial charge in [0.25, 0.3) is 5.91 Å². The van der Waals surface area contributed by atoms with Crippen molar-refractivity contribution in [3.8, 4) is 5.75 Å². The van der Waals surface area contributed by atoms with Crippen LogP contribution in [0.25, 0.3) is 0 Å². The predicted octanol–water partition coefficient (Wildman–Crippen LogP) is 3.33. The van der Waals surface area contributed by atoms with Gasteiger partial charge in [-0.3, -0.25) is 4.79 Å². The number of esters is 1. The largest absolute Gasteiger partial charge is 0.497 e. The Balaban J connectivity index is 1.86. The third-order valence-electron chi connectivity index (χ3n) is 3.08. The lowest BCUT2D eigenvalue weighted by Crippen LogP contribution is -2.30. The first-order valence-corrected chi connectivity index (χ1v) is 8.40. The maximum absolute atomic E-state index is 12.1. The molecule has 0 saturated heterocycles. The second-order valence-corrected chi connectivity index (χ2v) is 7.24. The number of halogens is 1. The number of benzene rings is 1. The minimum absolute atomic E-state index is 0.267. The zero-order valence-electron chi connectivity index (χ0n) is 12.7. The molecule has 23 heavy (non-hydrogen) atoms. The Morgan fingerprint density at radius 3 is 2.70 bits per heavy atom. The van der Waals surface area contributed by atoms with Crippen LogP contribution in [-0.4, -0.2) is 37.5 Å². The number of carbonyl (C=O) groups is 2. The van der Waals surface area contributed by atoms with Crippen LogP contribution in [-0.2, 0) is 16.1 Å². The highest BCUT2D eigenvalue weighted by Gasteiger charge is 2.15. The van der Waals surface area contributed by atoms with Gasteiger partial charge in [0, 0.05) is 13.6 Å². The standard InChI is InChI=1S/C16H16BrNO4S/c1-18(9-11-4-3-5-12(8-11)21-2)15(19)10-22-16(20)13-6-7-14(17)23-13/h3-8H,9-10H2,1-2H3. The molecule has 0 aliphatic carbocycles. The van der Waals surface area contributed by atoms with Crippen LogP contribution in [0.15, 0.2) is 40.2 Å². The van der Waals surface area contributed by atoms with Crippen LogP contribution in [0.3, 0.4) is 0 Å². The summed E-state index contributed by atoms with van der Waals surface area (Å²) in [6, 6.07) is 10.9. The Kier molecular flexibility index (Phi) is 6.18. The van der Waals surface area contributed by atoms with E-state index in [1.54, 1.807) is 26.3 Å². The summed E-state index contributed by atoms with van der Waals surface area (Å²) < 4.78 is 11.0. The molecule has 122 valence electrons.